The molecule has 0 bridgehead atoms. The summed E-state index contributed by atoms with van der Waals surface area (Å²) < 4.78 is 15.0. The highest BCUT2D eigenvalue weighted by Gasteiger charge is 2.06. The van der Waals surface area contributed by atoms with Crippen molar-refractivity contribution in [2.45, 2.75) is 13.5 Å². The number of benzene rings is 1. The van der Waals surface area contributed by atoms with Gasteiger partial charge in [0, 0.05) is 17.5 Å². The van der Waals surface area contributed by atoms with Gasteiger partial charge in [-0.3, -0.25) is 0 Å². The SMILES string of the molecule is CC[n+]1cccc2ccc(F)cc21. The normalized spacial score (nSPS) is 10.6. The second-order valence-corrected chi connectivity index (χ2v) is 3.00. The molecule has 2 rings (SSSR count). The van der Waals surface area contributed by atoms with Gasteiger partial charge in [-0.25, -0.2) is 4.39 Å². The summed E-state index contributed by atoms with van der Waals surface area (Å²) in [5.74, 6) is -0.180. The highest BCUT2D eigenvalue weighted by Crippen LogP contribution is 2.10. The standard InChI is InChI=1S/C11H11FN/c1-2-13-7-3-4-9-5-6-10(12)8-11(9)13/h3-8H,2H2,1H3/q+1. The van der Waals surface area contributed by atoms with Crippen LogP contribution >= 0.6 is 0 Å². The van der Waals surface area contributed by atoms with E-state index < -0.39 is 0 Å². The molecule has 0 unspecified atom stereocenters. The molecule has 2 heteroatoms. The lowest BCUT2D eigenvalue weighted by Crippen LogP contribution is -2.32. The van der Waals surface area contributed by atoms with Crippen LogP contribution in [0.1, 0.15) is 6.92 Å². The Bertz CT molecular complexity index is 437. The van der Waals surface area contributed by atoms with Crippen molar-refractivity contribution in [3.63, 3.8) is 0 Å². The number of aryl methyl sites for hydroxylation is 1. The molecular weight excluding hydrogens is 165 g/mol. The van der Waals surface area contributed by atoms with Gasteiger partial charge in [-0.2, -0.15) is 4.57 Å². The minimum atomic E-state index is -0.180. The largest absolute Gasteiger partial charge is 0.215 e. The lowest BCUT2D eigenvalue weighted by molar-refractivity contribution is -0.667. The van der Waals surface area contributed by atoms with Crippen molar-refractivity contribution in [3.8, 4) is 0 Å². The van der Waals surface area contributed by atoms with E-state index in [2.05, 4.69) is 0 Å². The van der Waals surface area contributed by atoms with E-state index in [1.54, 1.807) is 12.1 Å². The first-order valence-corrected chi connectivity index (χ1v) is 4.39. The maximum Gasteiger partial charge on any atom is 0.215 e. The van der Waals surface area contributed by atoms with Crippen LogP contribution in [-0.4, -0.2) is 0 Å². The van der Waals surface area contributed by atoms with Crippen LogP contribution in [0.2, 0.25) is 0 Å². The molecule has 0 fully saturated rings. The summed E-state index contributed by atoms with van der Waals surface area (Å²) in [5.41, 5.74) is 0.949. The Hall–Kier alpha value is -1.44. The van der Waals surface area contributed by atoms with Crippen LogP contribution in [0.4, 0.5) is 4.39 Å². The monoisotopic (exact) mass is 176 g/mol. The molecule has 1 heterocycles. The van der Waals surface area contributed by atoms with Crippen molar-refractivity contribution >= 4 is 10.9 Å². The second kappa shape index (κ2) is 3.13. The molecule has 66 valence electrons. The van der Waals surface area contributed by atoms with E-state index in [0.717, 1.165) is 17.4 Å². The Morgan fingerprint density at radius 1 is 1.31 bits per heavy atom. The van der Waals surface area contributed by atoms with Crippen molar-refractivity contribution in [3.05, 3.63) is 42.3 Å². The molecule has 0 aliphatic rings. The van der Waals surface area contributed by atoms with Crippen LogP contribution in [0.5, 0.6) is 0 Å². The Labute approximate surface area is 76.4 Å². The molecule has 1 aromatic heterocycles. The quantitative estimate of drug-likeness (QED) is 0.587. The average Bonchev–Trinajstić information content (AvgIpc) is 2.17. The molecule has 0 saturated carbocycles. The van der Waals surface area contributed by atoms with E-state index in [1.165, 1.54) is 6.07 Å². The summed E-state index contributed by atoms with van der Waals surface area (Å²) in [6.45, 7) is 2.91. The maximum absolute atomic E-state index is 12.9. The summed E-state index contributed by atoms with van der Waals surface area (Å²) in [6, 6.07) is 8.82. The maximum atomic E-state index is 12.9. The number of nitrogens with zero attached hydrogens (tertiary/aromatic N) is 1. The van der Waals surface area contributed by atoms with E-state index in [0.29, 0.717) is 0 Å². The van der Waals surface area contributed by atoms with Crippen LogP contribution < -0.4 is 4.57 Å². The number of fused-ring (bicyclic) bond motifs is 1. The molecule has 13 heavy (non-hydrogen) atoms. The highest BCUT2D eigenvalue weighted by atomic mass is 19.1. The third-order valence-electron chi connectivity index (χ3n) is 2.18. The zero-order chi connectivity index (χ0) is 9.26. The van der Waals surface area contributed by atoms with Gasteiger partial charge in [0.15, 0.2) is 6.20 Å². The van der Waals surface area contributed by atoms with Gasteiger partial charge in [0.05, 0.1) is 0 Å². The van der Waals surface area contributed by atoms with Gasteiger partial charge in [0.2, 0.25) is 5.52 Å². The van der Waals surface area contributed by atoms with E-state index >= 15 is 0 Å². The predicted octanol–water partition coefficient (Wildman–Crippen LogP) is 2.29. The van der Waals surface area contributed by atoms with Crippen LogP contribution in [0.25, 0.3) is 10.9 Å². The first-order chi connectivity index (χ1) is 6.31. The number of rotatable bonds is 1. The zero-order valence-electron chi connectivity index (χ0n) is 7.50. The summed E-state index contributed by atoms with van der Waals surface area (Å²) in [4.78, 5) is 0. The van der Waals surface area contributed by atoms with Crippen molar-refractivity contribution < 1.29 is 8.96 Å². The fourth-order valence-electron chi connectivity index (χ4n) is 1.51. The van der Waals surface area contributed by atoms with Crippen molar-refractivity contribution in [1.29, 1.82) is 0 Å². The van der Waals surface area contributed by atoms with Crippen molar-refractivity contribution in [2.75, 3.05) is 0 Å². The Kier molecular flexibility index (Phi) is 1.97. The lowest BCUT2D eigenvalue weighted by Gasteiger charge is -1.97. The van der Waals surface area contributed by atoms with Gasteiger partial charge in [-0.05, 0) is 25.1 Å². The third kappa shape index (κ3) is 1.39. The van der Waals surface area contributed by atoms with Gasteiger partial charge in [0.1, 0.15) is 12.4 Å². The number of aromatic nitrogens is 1. The molecule has 0 radical (unpaired) electrons. The van der Waals surface area contributed by atoms with E-state index in [9.17, 15) is 4.39 Å². The molecule has 0 spiro atoms. The minimum Gasteiger partial charge on any atom is -0.207 e. The average molecular weight is 176 g/mol. The first-order valence-electron chi connectivity index (χ1n) is 4.39. The summed E-state index contributed by atoms with van der Waals surface area (Å²) in [6.07, 6.45) is 1.96. The molecule has 2 aromatic rings. The second-order valence-electron chi connectivity index (χ2n) is 3.00. The number of hydrogen-bond donors (Lipinski definition) is 0. The smallest absolute Gasteiger partial charge is 0.207 e. The fourth-order valence-corrected chi connectivity index (χ4v) is 1.51. The van der Waals surface area contributed by atoms with Crippen molar-refractivity contribution in [1.82, 2.24) is 0 Å². The Morgan fingerprint density at radius 3 is 2.92 bits per heavy atom. The molecular formula is C11H11FN+. The minimum absolute atomic E-state index is 0.180. The topological polar surface area (TPSA) is 3.88 Å². The highest BCUT2D eigenvalue weighted by molar-refractivity contribution is 5.75. The Balaban J connectivity index is 2.79. The van der Waals surface area contributed by atoms with E-state index in [-0.39, 0.29) is 5.82 Å². The number of pyridine rings is 1. The van der Waals surface area contributed by atoms with Crippen molar-refractivity contribution in [2.24, 2.45) is 0 Å². The third-order valence-corrected chi connectivity index (χ3v) is 2.18. The predicted molar refractivity (Wildman–Crippen MR) is 49.8 cm³/mol. The molecule has 0 saturated heterocycles. The van der Waals surface area contributed by atoms with Gasteiger partial charge >= 0.3 is 0 Å². The molecule has 0 aliphatic heterocycles. The lowest BCUT2D eigenvalue weighted by atomic mass is 10.2. The summed E-state index contributed by atoms with van der Waals surface area (Å²) in [7, 11) is 0. The summed E-state index contributed by atoms with van der Waals surface area (Å²) in [5, 5.41) is 1.07. The van der Waals surface area contributed by atoms with E-state index in [1.807, 2.05) is 29.8 Å². The molecule has 1 nitrogen and oxygen atoms in total. The first kappa shape index (κ1) is 8.17. The molecule has 0 amide bonds. The van der Waals surface area contributed by atoms with Crippen LogP contribution in [0.3, 0.4) is 0 Å². The van der Waals surface area contributed by atoms with Gasteiger partial charge < -0.3 is 0 Å². The van der Waals surface area contributed by atoms with Gasteiger partial charge in [-0.1, -0.05) is 0 Å². The molecule has 0 aliphatic carbocycles. The zero-order valence-corrected chi connectivity index (χ0v) is 7.50. The Morgan fingerprint density at radius 2 is 2.15 bits per heavy atom. The van der Waals surface area contributed by atoms with Gasteiger partial charge in [0.25, 0.3) is 0 Å². The van der Waals surface area contributed by atoms with Crippen LogP contribution in [-0.2, 0) is 6.54 Å². The molecule has 0 atom stereocenters. The number of hydrogen-bond acceptors (Lipinski definition) is 0. The summed E-state index contributed by atoms with van der Waals surface area (Å²) >= 11 is 0. The number of halogens is 1. The van der Waals surface area contributed by atoms with E-state index in [4.69, 9.17) is 0 Å². The fraction of sp³-hybridized carbons (Fsp3) is 0.182. The van der Waals surface area contributed by atoms with Crippen LogP contribution in [0.15, 0.2) is 36.5 Å². The molecule has 0 N–H and O–H groups in total. The van der Waals surface area contributed by atoms with Gasteiger partial charge in [-0.15, -0.1) is 0 Å². The van der Waals surface area contributed by atoms with Crippen LogP contribution in [0, 0.1) is 5.82 Å². The molecule has 1 aromatic carbocycles.